The van der Waals surface area contributed by atoms with Crippen molar-refractivity contribution in [2.75, 3.05) is 30.8 Å². The molecule has 62 heavy (non-hydrogen) atoms. The van der Waals surface area contributed by atoms with Gasteiger partial charge in [-0.3, -0.25) is 9.59 Å². The molecule has 0 bridgehead atoms. The minimum atomic E-state index is -0.827. The second kappa shape index (κ2) is 26.8. The average Bonchev–Trinajstić information content (AvgIpc) is 3.86. The first-order chi connectivity index (χ1) is 28.2. The average molecular weight is 1060 g/mol. The standard InChI is InChI=1S/C23H24Cl2N2O2S.C22H22Cl2N2O2S.HI.Li.H2O/c1-14(2)21-20(16-9-10-18(24)19(25)12-16)27-23(30-21)26-13-17(22(28)29-3)11-15-7-5-4-6-8-15;1-13(2)20-19(15-8-9-17(23)18(24)11-15)26-22(29-20)25-12-16(21(27)28)10-14-6-4-3-5-7-14;;;/h4-10,12,14,17H,11,13H2,1-3H3,(H,26,27);3-9,11,13,16H,10,12H2,1-2H3,(H,25,26)(H,27,28);1H;;1H2/q;;;+1;/p-2. The molecule has 0 amide bonds. The molecule has 0 saturated heterocycles. The molecule has 4 N–H and O–H groups in total. The van der Waals surface area contributed by atoms with Crippen molar-refractivity contribution in [3.8, 4) is 22.5 Å². The summed E-state index contributed by atoms with van der Waals surface area (Å²) >= 11 is 27.6. The van der Waals surface area contributed by atoms with Gasteiger partial charge in [0.2, 0.25) is 0 Å². The van der Waals surface area contributed by atoms with Crippen LogP contribution in [-0.4, -0.2) is 52.7 Å². The maximum Gasteiger partial charge on any atom is 1.00 e. The number of nitrogens with one attached hydrogen (secondary N) is 2. The second-order valence-corrected chi connectivity index (χ2v) is 18.1. The molecule has 0 aliphatic heterocycles. The number of carboxylic acid groups (broad SMARTS) is 1. The first kappa shape index (κ1) is 55.3. The zero-order valence-electron chi connectivity index (χ0n) is 35.1. The van der Waals surface area contributed by atoms with Gasteiger partial charge in [-0.05, 0) is 60.1 Å². The molecule has 0 spiro atoms. The fraction of sp³-hybridized carbons (Fsp3) is 0.289. The van der Waals surface area contributed by atoms with E-state index >= 15 is 0 Å². The molecule has 4 aromatic carbocycles. The van der Waals surface area contributed by atoms with Crippen LogP contribution in [0.15, 0.2) is 97.1 Å². The van der Waals surface area contributed by atoms with Crippen LogP contribution in [0, 0.1) is 11.8 Å². The van der Waals surface area contributed by atoms with Gasteiger partial charge in [0.25, 0.3) is 0 Å². The Morgan fingerprint density at radius 3 is 1.39 bits per heavy atom. The topological polar surface area (TPSA) is 143 Å². The summed E-state index contributed by atoms with van der Waals surface area (Å²) in [5.41, 5.74) is 5.64. The Hall–Kier alpha value is -2.87. The molecule has 2 unspecified atom stereocenters. The normalized spacial score (nSPS) is 11.5. The summed E-state index contributed by atoms with van der Waals surface area (Å²) < 4.78 is 5.01. The van der Waals surface area contributed by atoms with Gasteiger partial charge >= 0.3 is 30.8 Å². The van der Waals surface area contributed by atoms with E-state index < -0.39 is 11.9 Å². The van der Waals surface area contributed by atoms with E-state index in [2.05, 4.69) is 38.3 Å². The molecule has 0 radical (unpaired) electrons. The van der Waals surface area contributed by atoms with Crippen LogP contribution in [0.1, 0.15) is 60.4 Å². The molecular formula is C45H47Cl4ILiN4O5S2-. The number of halogens is 5. The third-order valence-corrected chi connectivity index (χ3v) is 13.4. The van der Waals surface area contributed by atoms with Crippen molar-refractivity contribution in [3.63, 3.8) is 0 Å². The number of aliphatic carboxylic acids is 1. The van der Waals surface area contributed by atoms with Crippen molar-refractivity contribution >= 4 is 91.3 Å². The molecule has 6 aromatic rings. The van der Waals surface area contributed by atoms with Crippen molar-refractivity contribution in [3.05, 3.63) is 138 Å². The van der Waals surface area contributed by atoms with Gasteiger partial charge in [-0.2, -0.15) is 0 Å². The SMILES string of the molecule is CC(C)c1sc(NCC(Cc2ccccc2)C(=O)O)nc1-c1ccc(Cl)c(Cl)c1.COC(=O)C(CNc1nc(-c2ccc(Cl)c(Cl)c2)c(C(C)C)s1)Cc1ccccc1.[I-].[Li+].[OH-]. The number of carbonyl (C=O) groups is 2. The summed E-state index contributed by atoms with van der Waals surface area (Å²) in [4.78, 5) is 35.8. The van der Waals surface area contributed by atoms with Gasteiger partial charge in [0.15, 0.2) is 10.3 Å². The molecule has 326 valence electrons. The monoisotopic (exact) mass is 1060 g/mol. The summed E-state index contributed by atoms with van der Waals surface area (Å²) in [6.07, 6.45) is 1.06. The Morgan fingerprint density at radius 2 is 1.03 bits per heavy atom. The minimum Gasteiger partial charge on any atom is -1.00 e. The largest absolute Gasteiger partial charge is 1.00 e. The molecule has 2 aromatic heterocycles. The number of hydrogen-bond donors (Lipinski definition) is 3. The Bertz CT molecular complexity index is 2340. The third kappa shape index (κ3) is 15.7. The van der Waals surface area contributed by atoms with Crippen LogP contribution in [0.5, 0.6) is 0 Å². The van der Waals surface area contributed by atoms with Crippen molar-refractivity contribution in [2.24, 2.45) is 11.8 Å². The third-order valence-electron chi connectivity index (χ3n) is 9.27. The molecule has 0 saturated carbocycles. The molecule has 2 heterocycles. The van der Waals surface area contributed by atoms with Crippen LogP contribution >= 0.6 is 69.1 Å². The predicted octanol–water partition coefficient (Wildman–Crippen LogP) is 7.11. The molecule has 2 atom stereocenters. The van der Waals surface area contributed by atoms with Gasteiger partial charge in [-0.15, -0.1) is 22.7 Å². The van der Waals surface area contributed by atoms with Crippen LogP contribution in [0.25, 0.3) is 22.5 Å². The first-order valence-corrected chi connectivity index (χ1v) is 22.2. The van der Waals surface area contributed by atoms with Crippen LogP contribution in [0.4, 0.5) is 10.3 Å². The number of carbonyl (C=O) groups excluding carboxylic acids is 1. The van der Waals surface area contributed by atoms with E-state index in [1.807, 2.05) is 84.9 Å². The Morgan fingerprint density at radius 1 is 0.645 bits per heavy atom. The van der Waals surface area contributed by atoms with Crippen molar-refractivity contribution in [1.82, 2.24) is 9.97 Å². The Balaban J connectivity index is 0.000000407. The number of aromatic nitrogens is 2. The van der Waals surface area contributed by atoms with Gasteiger partial charge in [0.05, 0.1) is 50.4 Å². The van der Waals surface area contributed by atoms with Crippen LogP contribution < -0.4 is 53.5 Å². The molecular weight excluding hydrogens is 1020 g/mol. The zero-order valence-corrected chi connectivity index (χ0v) is 41.9. The van der Waals surface area contributed by atoms with E-state index in [-0.39, 0.29) is 66.1 Å². The number of anilines is 2. The smallest absolute Gasteiger partial charge is 1.00 e. The van der Waals surface area contributed by atoms with Crippen LogP contribution in [-0.2, 0) is 27.2 Å². The van der Waals surface area contributed by atoms with Crippen molar-refractivity contribution in [2.45, 2.75) is 52.4 Å². The van der Waals surface area contributed by atoms with Gasteiger partial charge in [0, 0.05) is 34.0 Å². The molecule has 6 rings (SSSR count). The number of methoxy groups -OCH3 is 1. The van der Waals surface area contributed by atoms with Gasteiger partial charge in [-0.25, -0.2) is 9.97 Å². The zero-order chi connectivity index (χ0) is 42.6. The van der Waals surface area contributed by atoms with E-state index in [9.17, 15) is 14.7 Å². The molecule has 17 heteroatoms. The fourth-order valence-corrected chi connectivity index (χ4v) is 8.76. The van der Waals surface area contributed by atoms with E-state index in [0.29, 0.717) is 57.1 Å². The molecule has 0 aliphatic rings. The minimum absolute atomic E-state index is 0. The van der Waals surface area contributed by atoms with Crippen LogP contribution in [0.2, 0.25) is 20.1 Å². The number of thiazole rings is 2. The summed E-state index contributed by atoms with van der Waals surface area (Å²) in [6.45, 7) is 9.21. The maximum atomic E-state index is 12.3. The number of hydrogen-bond acceptors (Lipinski definition) is 10. The van der Waals surface area contributed by atoms with E-state index in [4.69, 9.17) is 61.1 Å². The maximum absolute atomic E-state index is 12.3. The molecule has 0 fully saturated rings. The fourth-order valence-electron chi connectivity index (χ4n) is 6.17. The Kier molecular flexibility index (Phi) is 23.9. The number of rotatable bonds is 16. The van der Waals surface area contributed by atoms with Gasteiger partial charge in [0.1, 0.15) is 0 Å². The number of carboxylic acids is 1. The number of nitrogens with zero attached hydrogens (tertiary/aromatic N) is 2. The second-order valence-electron chi connectivity index (χ2n) is 14.4. The Labute approximate surface area is 420 Å². The summed E-state index contributed by atoms with van der Waals surface area (Å²) in [5.74, 6) is -1.35. The van der Waals surface area contributed by atoms with E-state index in [0.717, 1.165) is 48.5 Å². The number of ether oxygens (including phenoxy) is 1. The van der Waals surface area contributed by atoms with E-state index in [1.165, 1.54) is 7.11 Å². The van der Waals surface area contributed by atoms with Crippen molar-refractivity contribution < 1.29 is 67.7 Å². The predicted molar refractivity (Wildman–Crippen MR) is 249 cm³/mol. The quantitative estimate of drug-likeness (QED) is 0.0526. The van der Waals surface area contributed by atoms with Gasteiger partial charge < -0.3 is 49.9 Å². The van der Waals surface area contributed by atoms with Crippen LogP contribution in [0.3, 0.4) is 0 Å². The van der Waals surface area contributed by atoms with E-state index in [1.54, 1.807) is 34.8 Å². The summed E-state index contributed by atoms with van der Waals surface area (Å²) in [7, 11) is 1.42. The summed E-state index contributed by atoms with van der Waals surface area (Å²) in [5, 5.41) is 19.6. The summed E-state index contributed by atoms with van der Waals surface area (Å²) in [6, 6.07) is 30.6. The molecule has 0 aliphatic carbocycles. The van der Waals surface area contributed by atoms with Gasteiger partial charge in [-0.1, -0.05) is 147 Å². The molecule has 9 nitrogen and oxygen atoms in total. The number of esters is 1. The number of benzene rings is 4. The first-order valence-electron chi connectivity index (χ1n) is 19.0. The van der Waals surface area contributed by atoms with Crippen molar-refractivity contribution in [1.29, 1.82) is 0 Å².